The maximum absolute atomic E-state index is 12.3. The lowest BCUT2D eigenvalue weighted by Crippen LogP contribution is -2.36. The summed E-state index contributed by atoms with van der Waals surface area (Å²) >= 11 is 0. The molecular weight excluding hydrogens is 331 g/mol. The number of aldehydes is 1. The van der Waals surface area contributed by atoms with E-state index in [-0.39, 0.29) is 23.8 Å². The Balaban J connectivity index is 2.23. The molecule has 2 heterocycles. The highest BCUT2D eigenvalue weighted by atomic mass is 19.4. The van der Waals surface area contributed by atoms with Gasteiger partial charge in [-0.3, -0.25) is 4.79 Å². The van der Waals surface area contributed by atoms with Gasteiger partial charge in [0.2, 0.25) is 5.84 Å². The van der Waals surface area contributed by atoms with Gasteiger partial charge in [0.05, 0.1) is 12.2 Å². The van der Waals surface area contributed by atoms with Gasteiger partial charge in [-0.2, -0.15) is 18.3 Å². The van der Waals surface area contributed by atoms with E-state index >= 15 is 0 Å². The van der Waals surface area contributed by atoms with E-state index in [1.807, 2.05) is 0 Å². The van der Waals surface area contributed by atoms with Gasteiger partial charge in [-0.05, 0) is 6.07 Å². The Bertz CT molecular complexity index is 708. The molecule has 0 saturated carbocycles. The van der Waals surface area contributed by atoms with Crippen molar-refractivity contribution in [3.63, 3.8) is 0 Å². The number of rotatable bonds is 4. The second-order valence-electron chi connectivity index (χ2n) is 4.79. The topological polar surface area (TPSA) is 135 Å². The van der Waals surface area contributed by atoms with Gasteiger partial charge in [0.15, 0.2) is 12.1 Å². The number of nitrogens with zero attached hydrogens (tertiary/aromatic N) is 5. The van der Waals surface area contributed by atoms with Crippen LogP contribution in [-0.2, 0) is 6.54 Å². The van der Waals surface area contributed by atoms with Crippen LogP contribution in [0, 0.1) is 0 Å². The first-order valence-corrected chi connectivity index (χ1v) is 6.61. The molecule has 1 atom stereocenters. The first-order valence-electron chi connectivity index (χ1n) is 6.61. The number of carbonyl (C=O) groups excluding carboxylic acids is 1. The van der Waals surface area contributed by atoms with E-state index in [4.69, 9.17) is 11.6 Å². The van der Waals surface area contributed by atoms with Crippen molar-refractivity contribution in [2.45, 2.75) is 25.2 Å². The number of hydrazine groups is 1. The van der Waals surface area contributed by atoms with Gasteiger partial charge in [0.1, 0.15) is 11.8 Å². The van der Waals surface area contributed by atoms with Crippen molar-refractivity contribution in [2.24, 2.45) is 21.7 Å². The second-order valence-corrected chi connectivity index (χ2v) is 4.79. The van der Waals surface area contributed by atoms with E-state index in [9.17, 15) is 23.1 Å². The van der Waals surface area contributed by atoms with Crippen LogP contribution in [0.5, 0.6) is 0 Å². The third-order valence-corrected chi connectivity index (χ3v) is 2.95. The summed E-state index contributed by atoms with van der Waals surface area (Å²) in [7, 11) is 0. The molecule has 9 nitrogen and oxygen atoms in total. The zero-order chi connectivity index (χ0) is 17.9. The van der Waals surface area contributed by atoms with Gasteiger partial charge in [-0.25, -0.2) is 20.6 Å². The summed E-state index contributed by atoms with van der Waals surface area (Å²) in [5.74, 6) is 3.85. The fourth-order valence-electron chi connectivity index (χ4n) is 1.89. The second kappa shape index (κ2) is 6.80. The Kier molecular flexibility index (Phi) is 4.99. The van der Waals surface area contributed by atoms with Crippen molar-refractivity contribution in [3.8, 4) is 0 Å². The van der Waals surface area contributed by atoms with Gasteiger partial charge >= 0.3 is 6.18 Å². The third-order valence-electron chi connectivity index (χ3n) is 2.95. The Morgan fingerprint density at radius 1 is 1.58 bits per heavy atom. The number of amidine groups is 1. The lowest BCUT2D eigenvalue weighted by atomic mass is 10.2. The molecule has 0 fully saturated rings. The number of aliphatic hydroxyl groups is 1. The number of nitrogens with two attached hydrogens (primary N) is 2. The Hall–Kier alpha value is -2.73. The summed E-state index contributed by atoms with van der Waals surface area (Å²) in [6, 6.07) is 1.29. The van der Waals surface area contributed by atoms with Crippen molar-refractivity contribution >= 4 is 18.0 Å². The SMILES string of the molecule is N/C(=N\N(N)Cc1cc(C=O)n(C2=NC=CCC2O)n1)C(F)(F)F. The minimum atomic E-state index is -4.81. The smallest absolute Gasteiger partial charge is 0.385 e. The van der Waals surface area contributed by atoms with Crippen LogP contribution in [0.25, 0.3) is 0 Å². The van der Waals surface area contributed by atoms with Crippen molar-refractivity contribution < 1.29 is 23.1 Å². The maximum Gasteiger partial charge on any atom is 0.450 e. The Morgan fingerprint density at radius 3 is 2.88 bits per heavy atom. The van der Waals surface area contributed by atoms with Crippen LogP contribution in [0.2, 0.25) is 0 Å². The number of aromatic nitrogens is 2. The van der Waals surface area contributed by atoms with Gasteiger partial charge in [-0.15, -0.1) is 5.10 Å². The zero-order valence-electron chi connectivity index (χ0n) is 12.2. The van der Waals surface area contributed by atoms with Crippen LogP contribution < -0.4 is 11.6 Å². The summed E-state index contributed by atoms with van der Waals surface area (Å²) in [5, 5.41) is 17.3. The number of carbonyl (C=O) groups is 1. The van der Waals surface area contributed by atoms with Gasteiger partial charge < -0.3 is 10.8 Å². The van der Waals surface area contributed by atoms with Crippen LogP contribution in [0.4, 0.5) is 13.2 Å². The number of hydrogen-bond donors (Lipinski definition) is 3. The summed E-state index contributed by atoms with van der Waals surface area (Å²) in [4.78, 5) is 15.1. The Morgan fingerprint density at radius 2 is 2.29 bits per heavy atom. The molecule has 0 radical (unpaired) electrons. The summed E-state index contributed by atoms with van der Waals surface area (Å²) in [6.07, 6.45) is -1.93. The molecule has 2 rings (SSSR count). The average molecular weight is 345 g/mol. The van der Waals surface area contributed by atoms with Gasteiger partial charge in [-0.1, -0.05) is 6.08 Å². The molecule has 12 heteroatoms. The molecule has 0 amide bonds. The fraction of sp³-hybridized carbons (Fsp3) is 0.333. The lowest BCUT2D eigenvalue weighted by molar-refractivity contribution is -0.0615. The molecule has 1 aliphatic heterocycles. The molecule has 1 aromatic rings. The highest BCUT2D eigenvalue weighted by Crippen LogP contribution is 2.15. The first-order chi connectivity index (χ1) is 11.2. The number of hydrogen-bond acceptors (Lipinski definition) is 7. The minimum absolute atomic E-state index is 0.0549. The molecule has 0 aliphatic carbocycles. The van der Waals surface area contributed by atoms with Crippen molar-refractivity contribution in [3.05, 3.63) is 29.7 Å². The quantitative estimate of drug-likeness (QED) is 0.226. The molecule has 0 aromatic carbocycles. The molecule has 1 unspecified atom stereocenters. The largest absolute Gasteiger partial charge is 0.450 e. The molecule has 0 spiro atoms. The molecule has 1 aromatic heterocycles. The van der Waals surface area contributed by atoms with Crippen LogP contribution in [0.15, 0.2) is 28.4 Å². The number of alkyl halides is 3. The highest BCUT2D eigenvalue weighted by molar-refractivity contribution is 5.93. The normalized spacial score (nSPS) is 18.5. The Labute approximate surface area is 133 Å². The van der Waals surface area contributed by atoms with Gasteiger partial charge in [0.25, 0.3) is 0 Å². The van der Waals surface area contributed by atoms with E-state index in [0.717, 1.165) is 4.68 Å². The van der Waals surface area contributed by atoms with Crippen LogP contribution in [0.1, 0.15) is 22.6 Å². The van der Waals surface area contributed by atoms with Gasteiger partial charge in [0, 0.05) is 12.6 Å². The van der Waals surface area contributed by atoms with Crippen LogP contribution >= 0.6 is 0 Å². The number of halogens is 3. The van der Waals surface area contributed by atoms with E-state index < -0.39 is 18.1 Å². The fourth-order valence-corrected chi connectivity index (χ4v) is 1.89. The van der Waals surface area contributed by atoms with E-state index in [0.29, 0.717) is 17.8 Å². The summed E-state index contributed by atoms with van der Waals surface area (Å²) in [5.41, 5.74) is 4.96. The molecule has 0 bridgehead atoms. The van der Waals surface area contributed by atoms with Crippen LogP contribution in [-0.4, -0.2) is 50.2 Å². The standard InChI is InChI=1S/C12H14F3N7O2/c13-12(14,15)11(16)20-21(17)5-7-4-8(6-23)22(19-7)10-9(24)2-1-3-18-10/h1,3-4,6,9,24H,2,5,17H2,(H2,16,20). The third kappa shape index (κ3) is 3.97. The summed E-state index contributed by atoms with van der Waals surface area (Å²) in [6.45, 7) is -0.343. The maximum atomic E-state index is 12.3. The molecule has 130 valence electrons. The first kappa shape index (κ1) is 17.6. The van der Waals surface area contributed by atoms with Crippen molar-refractivity contribution in [2.75, 3.05) is 0 Å². The molecule has 0 saturated heterocycles. The van der Waals surface area contributed by atoms with E-state index in [2.05, 4.69) is 15.2 Å². The van der Waals surface area contributed by atoms with E-state index in [1.54, 1.807) is 6.08 Å². The molecule has 5 N–H and O–H groups in total. The van der Waals surface area contributed by atoms with E-state index in [1.165, 1.54) is 12.3 Å². The summed E-state index contributed by atoms with van der Waals surface area (Å²) < 4.78 is 38.0. The molecular formula is C12H14F3N7O2. The molecule has 24 heavy (non-hydrogen) atoms. The highest BCUT2D eigenvalue weighted by Gasteiger charge is 2.34. The van der Waals surface area contributed by atoms with Crippen molar-refractivity contribution in [1.82, 2.24) is 14.9 Å². The predicted octanol–water partition coefficient (Wildman–Crippen LogP) is -0.269. The lowest BCUT2D eigenvalue weighted by Gasteiger charge is -2.15. The average Bonchev–Trinajstić information content (AvgIpc) is 2.89. The zero-order valence-corrected chi connectivity index (χ0v) is 12.2. The number of aliphatic hydroxyl groups excluding tert-OH is 1. The number of aliphatic imine (C=N–C) groups is 1. The monoisotopic (exact) mass is 345 g/mol. The predicted molar refractivity (Wildman–Crippen MR) is 77.6 cm³/mol. The van der Waals surface area contributed by atoms with Crippen molar-refractivity contribution in [1.29, 1.82) is 0 Å². The molecule has 1 aliphatic rings. The number of hydrazone groups is 1. The van der Waals surface area contributed by atoms with Crippen LogP contribution in [0.3, 0.4) is 0 Å². The minimum Gasteiger partial charge on any atom is -0.385 e.